The average molecular weight is 224 g/mol. The summed E-state index contributed by atoms with van der Waals surface area (Å²) in [5.74, 6) is 0. The molecule has 7 heteroatoms. The third kappa shape index (κ3) is 8.09. The summed E-state index contributed by atoms with van der Waals surface area (Å²) in [7, 11) is 0. The van der Waals surface area contributed by atoms with Gasteiger partial charge in [-0.1, -0.05) is 0 Å². The second-order valence-corrected chi connectivity index (χ2v) is 15.0. The van der Waals surface area contributed by atoms with Gasteiger partial charge in [0.05, 0.1) is 24.5 Å². The lowest BCUT2D eigenvalue weighted by atomic mass is 29.6. The summed E-state index contributed by atoms with van der Waals surface area (Å²) in [5, 5.41) is -1.19. The molecule has 0 aromatic carbocycles. The molecule has 2 unspecified atom stereocenters. The van der Waals surface area contributed by atoms with Crippen LogP contribution in [0.3, 0.4) is 0 Å². The maximum atomic E-state index is 4.75. The summed E-state index contributed by atoms with van der Waals surface area (Å²) in [4.78, 5) is 0. The van der Waals surface area contributed by atoms with Crippen LogP contribution in [-0.4, -0.2) is 0 Å². The Bertz CT molecular complexity index is 82.3. The van der Waals surface area contributed by atoms with Gasteiger partial charge in [-0.05, 0) is 0 Å². The highest BCUT2D eigenvalue weighted by Gasteiger charge is 2.19. The van der Waals surface area contributed by atoms with E-state index < -0.39 is 10.2 Å². The molecule has 7 heavy (non-hydrogen) atoms. The molecule has 2 atom stereocenters. The smallest absolute Gasteiger partial charge is 0.0948 e. The molecule has 0 bridgehead atoms. The van der Waals surface area contributed by atoms with Crippen LogP contribution in [0.2, 0.25) is 0 Å². The first-order valence-electron chi connectivity index (χ1n) is 1.13. The minimum Gasteiger partial charge on any atom is 0.0948 e. The quantitative estimate of drug-likeness (QED) is 0.546. The molecule has 0 N–H and O–H groups in total. The highest BCUT2D eigenvalue weighted by atomic mass is 33.5. The van der Waals surface area contributed by atoms with E-state index in [-0.39, 0.29) is 0 Å². The first kappa shape index (κ1) is 9.09. The van der Waals surface area contributed by atoms with E-state index in [4.69, 9.17) is 23.6 Å². The van der Waals surface area contributed by atoms with Gasteiger partial charge in [-0.15, -0.1) is 0 Å². The van der Waals surface area contributed by atoms with Crippen LogP contribution in [0, 0.1) is 0 Å². The van der Waals surface area contributed by atoms with Crippen molar-refractivity contribution >= 4 is 69.3 Å². The molecule has 0 aliphatic rings. The zero-order valence-corrected chi connectivity index (χ0v) is 9.04. The van der Waals surface area contributed by atoms with E-state index in [9.17, 15) is 0 Å². The van der Waals surface area contributed by atoms with Crippen molar-refractivity contribution in [2.45, 2.75) is 0 Å². The van der Waals surface area contributed by atoms with Crippen LogP contribution in [0.25, 0.3) is 0 Å². The Morgan fingerprint density at radius 2 is 1.43 bits per heavy atom. The third-order valence-electron chi connectivity index (χ3n) is 0.140. The summed E-state index contributed by atoms with van der Waals surface area (Å²) in [6, 6.07) is 0. The molecule has 0 rings (SSSR count). The zero-order valence-electron chi connectivity index (χ0n) is 3.01. The topological polar surface area (TPSA) is 0 Å². The van der Waals surface area contributed by atoms with Gasteiger partial charge in [0.2, 0.25) is 0 Å². The fraction of sp³-hybridized carbons (Fsp3) is 0. The fourth-order valence-electron chi connectivity index (χ4n) is 0.0598. The first-order chi connectivity index (χ1) is 3.13. The maximum Gasteiger partial charge on any atom is 0.371 e. The van der Waals surface area contributed by atoms with E-state index >= 15 is 0 Å². The van der Waals surface area contributed by atoms with Crippen LogP contribution >= 0.6 is 45.7 Å². The van der Waals surface area contributed by atoms with E-state index in [2.05, 4.69) is 24.5 Å². The molecular formula is H2P2S5+2. The van der Waals surface area contributed by atoms with Crippen molar-refractivity contribution in [2.75, 3.05) is 0 Å². The van der Waals surface area contributed by atoms with Gasteiger partial charge in [-0.3, -0.25) is 0 Å². The van der Waals surface area contributed by atoms with E-state index in [1.165, 1.54) is 11.0 Å². The summed E-state index contributed by atoms with van der Waals surface area (Å²) in [6.45, 7) is 0. The Hall–Kier alpha value is 2.09. The van der Waals surface area contributed by atoms with Gasteiger partial charge in [0.15, 0.2) is 23.6 Å². The van der Waals surface area contributed by atoms with Crippen LogP contribution < -0.4 is 0 Å². The summed E-state index contributed by atoms with van der Waals surface area (Å²) in [6.07, 6.45) is 0. The van der Waals surface area contributed by atoms with E-state index in [1.54, 1.807) is 0 Å². The Balaban J connectivity index is 3.32. The second kappa shape index (κ2) is 4.92. The minimum atomic E-state index is -0.597. The molecule has 40 valence electrons. The summed E-state index contributed by atoms with van der Waals surface area (Å²) in [5.41, 5.74) is 0. The van der Waals surface area contributed by atoms with Crippen molar-refractivity contribution in [1.82, 2.24) is 0 Å². The Labute approximate surface area is 68.9 Å². The van der Waals surface area contributed by atoms with Crippen molar-refractivity contribution in [3.05, 3.63) is 0 Å². The summed E-state index contributed by atoms with van der Waals surface area (Å²) < 4.78 is 0. The van der Waals surface area contributed by atoms with Crippen LogP contribution in [0.1, 0.15) is 0 Å². The Morgan fingerprint density at radius 3 is 1.43 bits per heavy atom. The standard InChI is InChI=1S/P2S5/c3-1(4)7-2(5)6/p+2. The van der Waals surface area contributed by atoms with Crippen LogP contribution in [0.5, 0.6) is 0 Å². The molecule has 0 saturated carbocycles. The van der Waals surface area contributed by atoms with Gasteiger partial charge >= 0.3 is 21.2 Å². The molecule has 0 radical (unpaired) electrons. The monoisotopic (exact) mass is 224 g/mol. The predicted molar refractivity (Wildman–Crippen MR) is 54.1 cm³/mol. The number of hydrogen-bond acceptors (Lipinski definition) is 3. The molecule has 0 amide bonds. The van der Waals surface area contributed by atoms with Crippen molar-refractivity contribution in [3.8, 4) is 0 Å². The zero-order chi connectivity index (χ0) is 5.86. The molecule has 0 heterocycles. The van der Waals surface area contributed by atoms with Gasteiger partial charge in [-0.25, -0.2) is 0 Å². The molecule has 0 aliphatic carbocycles. The van der Waals surface area contributed by atoms with Gasteiger partial charge < -0.3 is 0 Å². The molecule has 0 fully saturated rings. The molecule has 0 spiro atoms. The number of thiol groups is 2. The highest BCUT2D eigenvalue weighted by Crippen LogP contribution is 2.60. The number of hydrogen-bond donors (Lipinski definition) is 2. The van der Waals surface area contributed by atoms with E-state index in [1.807, 2.05) is 0 Å². The SMILES string of the molecule is S=[P+](S)S[P+](=S)S. The maximum absolute atomic E-state index is 4.75. The van der Waals surface area contributed by atoms with E-state index in [0.717, 1.165) is 0 Å². The molecule has 0 aliphatic heterocycles. The Morgan fingerprint density at radius 1 is 1.14 bits per heavy atom. The average Bonchev–Trinajstić information content (AvgIpc) is 1.27. The largest absolute Gasteiger partial charge is 0.371 e. The normalized spacial score (nSPS) is 13.4. The van der Waals surface area contributed by atoms with Crippen LogP contribution in [0.4, 0.5) is 0 Å². The summed E-state index contributed by atoms with van der Waals surface area (Å²) >= 11 is 19.0. The minimum absolute atomic E-state index is 0.597. The molecule has 0 aromatic rings. The third-order valence-corrected chi connectivity index (χ3v) is 11.3. The van der Waals surface area contributed by atoms with Gasteiger partial charge in [0.25, 0.3) is 0 Å². The molecule has 0 aromatic heterocycles. The van der Waals surface area contributed by atoms with Crippen molar-refractivity contribution in [2.24, 2.45) is 0 Å². The van der Waals surface area contributed by atoms with Crippen molar-refractivity contribution in [1.29, 1.82) is 0 Å². The van der Waals surface area contributed by atoms with Gasteiger partial charge in [-0.2, -0.15) is 0 Å². The fourth-order valence-corrected chi connectivity index (χ4v) is 14.5. The van der Waals surface area contributed by atoms with Crippen LogP contribution in [0.15, 0.2) is 0 Å². The first-order valence-corrected chi connectivity index (χ1v) is 10.2. The Kier molecular flexibility index (Phi) is 6.39. The van der Waals surface area contributed by atoms with Crippen molar-refractivity contribution < 1.29 is 0 Å². The predicted octanol–water partition coefficient (Wildman–Crippen LogP) is 3.13. The molecule has 0 nitrogen and oxygen atoms in total. The lowest BCUT2D eigenvalue weighted by Gasteiger charge is -1.56. The highest BCUT2D eigenvalue weighted by molar-refractivity contribution is 9.14. The van der Waals surface area contributed by atoms with Crippen molar-refractivity contribution in [3.63, 3.8) is 0 Å². The van der Waals surface area contributed by atoms with Gasteiger partial charge in [0.1, 0.15) is 0 Å². The number of rotatable bonds is 2. The van der Waals surface area contributed by atoms with Gasteiger partial charge in [0, 0.05) is 0 Å². The molecular weight excluding hydrogens is 222 g/mol. The molecule has 0 saturated heterocycles. The van der Waals surface area contributed by atoms with E-state index in [0.29, 0.717) is 0 Å². The van der Waals surface area contributed by atoms with Crippen LogP contribution in [-0.2, 0) is 23.6 Å². The lowest BCUT2D eigenvalue weighted by molar-refractivity contribution is 5.34. The lowest BCUT2D eigenvalue weighted by Crippen LogP contribution is -1.19. The second-order valence-electron chi connectivity index (χ2n) is 0.557.